The molecule has 1 aliphatic heterocycles. The highest BCUT2D eigenvalue weighted by Crippen LogP contribution is 2.41. The largest absolute Gasteiger partial charge is 0.497 e. The quantitative estimate of drug-likeness (QED) is 0.174. The molecule has 2 aliphatic rings. The maximum absolute atomic E-state index is 15.0. The molecule has 11 nitrogen and oxygen atoms in total. The Labute approximate surface area is 287 Å². The van der Waals surface area contributed by atoms with E-state index in [-0.39, 0.29) is 18.3 Å². The van der Waals surface area contributed by atoms with Gasteiger partial charge in [-0.2, -0.15) is 10.2 Å². The summed E-state index contributed by atoms with van der Waals surface area (Å²) in [6.07, 6.45) is 12.4. The van der Waals surface area contributed by atoms with Crippen LogP contribution in [0.3, 0.4) is 0 Å². The lowest BCUT2D eigenvalue weighted by molar-refractivity contribution is -0.0366. The number of aromatic nitrogens is 7. The third-order valence-corrected chi connectivity index (χ3v) is 9.88. The molecule has 7 aromatic rings. The van der Waals surface area contributed by atoms with Gasteiger partial charge in [-0.25, -0.2) is 14.3 Å². The number of hydrogen-bond acceptors (Lipinski definition) is 8. The number of rotatable bonds is 8. The van der Waals surface area contributed by atoms with Crippen molar-refractivity contribution in [3.63, 3.8) is 0 Å². The molecule has 9 rings (SSSR count). The molecule has 1 unspecified atom stereocenters. The molecule has 0 amide bonds. The van der Waals surface area contributed by atoms with Gasteiger partial charge in [0.25, 0.3) is 5.56 Å². The number of ether oxygens (including phenoxy) is 2. The number of hydrogen-bond donors (Lipinski definition) is 1. The van der Waals surface area contributed by atoms with Crippen LogP contribution in [-0.2, 0) is 11.3 Å². The third-order valence-electron chi connectivity index (χ3n) is 9.88. The van der Waals surface area contributed by atoms with Gasteiger partial charge in [0.15, 0.2) is 6.23 Å². The Morgan fingerprint density at radius 2 is 1.86 bits per heavy atom. The Morgan fingerprint density at radius 1 is 0.980 bits per heavy atom. The van der Waals surface area contributed by atoms with E-state index in [1.807, 2.05) is 76.4 Å². The van der Waals surface area contributed by atoms with Crippen molar-refractivity contribution in [3.05, 3.63) is 113 Å². The van der Waals surface area contributed by atoms with Gasteiger partial charge < -0.3 is 15.2 Å². The van der Waals surface area contributed by atoms with Gasteiger partial charge in [-0.05, 0) is 85.7 Å². The predicted molar refractivity (Wildman–Crippen MR) is 192 cm³/mol. The van der Waals surface area contributed by atoms with E-state index in [0.717, 1.165) is 83.3 Å². The molecule has 0 spiro atoms. The highest BCUT2D eigenvalue weighted by molar-refractivity contribution is 6.07. The van der Waals surface area contributed by atoms with Crippen LogP contribution < -0.4 is 16.0 Å². The fraction of sp³-hybridized carbons (Fsp3) is 0.256. The summed E-state index contributed by atoms with van der Waals surface area (Å²) in [4.78, 5) is 24.6. The maximum atomic E-state index is 15.0. The Morgan fingerprint density at radius 3 is 2.62 bits per heavy atom. The van der Waals surface area contributed by atoms with E-state index >= 15 is 0 Å². The first-order valence-electron chi connectivity index (χ1n) is 17.1. The molecular formula is C39H36N8O3. The third kappa shape index (κ3) is 5.21. The molecule has 3 aromatic carbocycles. The van der Waals surface area contributed by atoms with E-state index in [1.54, 1.807) is 24.1 Å². The van der Waals surface area contributed by atoms with Gasteiger partial charge in [0.05, 0.1) is 47.8 Å². The Kier molecular flexibility index (Phi) is 7.42. The Bertz CT molecular complexity index is 2420. The fourth-order valence-corrected chi connectivity index (χ4v) is 7.09. The first-order valence-corrected chi connectivity index (χ1v) is 17.1. The van der Waals surface area contributed by atoms with E-state index in [4.69, 9.17) is 30.4 Å². The summed E-state index contributed by atoms with van der Waals surface area (Å²) in [7, 11) is 1.63. The first kappa shape index (κ1) is 30.3. The van der Waals surface area contributed by atoms with Crippen molar-refractivity contribution in [3.8, 4) is 34.0 Å². The summed E-state index contributed by atoms with van der Waals surface area (Å²) >= 11 is 0. The molecule has 2 fully saturated rings. The standard InChI is InChI=1S/C39H36N8O3/c1-49-27-14-10-24(11-15-27)23-45-38(26-6-5-17-41-21-26)43-37-33(46-18-16-31(44-46)25-12-13-25)20-29(36(40)35(37)39(45)48)28-7-4-8-32-30(28)22-42-47(32)34-9-2-3-19-50-34/h4-8,10-11,14-18,20-22,25,34H,2-3,9,12-13,19,23,40H2,1H3. The SMILES string of the molecule is COc1ccc(Cn2c(-c3cccnc3)nc3c(-n4ccc(C5CC5)n4)cc(-c4cccc5c4cnn5C4CCCCO4)c(N)c3c2=O)cc1. The van der Waals surface area contributed by atoms with Crippen LogP contribution in [0.1, 0.15) is 55.5 Å². The first-order chi connectivity index (χ1) is 24.6. The van der Waals surface area contributed by atoms with E-state index < -0.39 is 0 Å². The zero-order valence-corrected chi connectivity index (χ0v) is 27.7. The summed E-state index contributed by atoms with van der Waals surface area (Å²) in [6, 6.07) is 21.6. The van der Waals surface area contributed by atoms with Crippen molar-refractivity contribution in [2.24, 2.45) is 0 Å². The zero-order chi connectivity index (χ0) is 33.8. The lowest BCUT2D eigenvalue weighted by Gasteiger charge is -2.23. The van der Waals surface area contributed by atoms with Crippen molar-refractivity contribution in [1.82, 2.24) is 34.1 Å². The normalized spacial score (nSPS) is 16.3. The number of anilines is 1. The lowest BCUT2D eigenvalue weighted by atomic mass is 9.97. The van der Waals surface area contributed by atoms with Crippen LogP contribution in [-0.4, -0.2) is 47.8 Å². The van der Waals surface area contributed by atoms with Gasteiger partial charge in [-0.3, -0.25) is 14.3 Å². The van der Waals surface area contributed by atoms with Crippen LogP contribution in [0.25, 0.3) is 50.0 Å². The maximum Gasteiger partial charge on any atom is 0.264 e. The van der Waals surface area contributed by atoms with E-state index in [0.29, 0.717) is 34.0 Å². The Balaban J connectivity index is 1.30. The van der Waals surface area contributed by atoms with Crippen LogP contribution >= 0.6 is 0 Å². The minimum absolute atomic E-state index is 0.119. The highest BCUT2D eigenvalue weighted by atomic mass is 16.5. The van der Waals surface area contributed by atoms with Crippen molar-refractivity contribution >= 4 is 27.5 Å². The van der Waals surface area contributed by atoms with Gasteiger partial charge >= 0.3 is 0 Å². The van der Waals surface area contributed by atoms with Crippen LogP contribution in [0, 0.1) is 0 Å². The van der Waals surface area contributed by atoms with Crippen molar-refractivity contribution < 1.29 is 9.47 Å². The molecule has 2 N–H and O–H groups in total. The van der Waals surface area contributed by atoms with Gasteiger partial charge in [0.1, 0.15) is 17.1 Å². The summed E-state index contributed by atoms with van der Waals surface area (Å²) in [5, 5.41) is 11.0. The smallest absolute Gasteiger partial charge is 0.264 e. The van der Waals surface area contributed by atoms with Crippen LogP contribution in [0.5, 0.6) is 5.75 Å². The molecule has 0 radical (unpaired) electrons. The fourth-order valence-electron chi connectivity index (χ4n) is 7.09. The number of nitrogens with two attached hydrogens (primary N) is 1. The lowest BCUT2D eigenvalue weighted by Crippen LogP contribution is -2.25. The van der Waals surface area contributed by atoms with Crippen molar-refractivity contribution in [2.75, 3.05) is 19.5 Å². The minimum Gasteiger partial charge on any atom is -0.497 e. The van der Waals surface area contributed by atoms with E-state index in [1.165, 1.54) is 0 Å². The molecule has 5 heterocycles. The summed E-state index contributed by atoms with van der Waals surface area (Å²) in [6.45, 7) is 0.989. The predicted octanol–water partition coefficient (Wildman–Crippen LogP) is 6.88. The van der Waals surface area contributed by atoms with Gasteiger partial charge in [0.2, 0.25) is 0 Å². The van der Waals surface area contributed by atoms with Crippen LogP contribution in [0.4, 0.5) is 5.69 Å². The highest BCUT2D eigenvalue weighted by Gasteiger charge is 2.28. The van der Waals surface area contributed by atoms with E-state index in [9.17, 15) is 4.79 Å². The van der Waals surface area contributed by atoms with Gasteiger partial charge in [-0.1, -0.05) is 24.3 Å². The topological polar surface area (TPSA) is 128 Å². The molecule has 250 valence electrons. The molecule has 11 heteroatoms. The Hall–Kier alpha value is -5.81. The molecule has 1 saturated heterocycles. The summed E-state index contributed by atoms with van der Waals surface area (Å²) in [5.41, 5.74) is 13.6. The number of fused-ring (bicyclic) bond motifs is 2. The summed E-state index contributed by atoms with van der Waals surface area (Å²) < 4.78 is 17.0. The van der Waals surface area contributed by atoms with Crippen LogP contribution in [0.15, 0.2) is 96.3 Å². The number of pyridine rings is 1. The number of methoxy groups -OCH3 is 1. The average molecular weight is 665 g/mol. The number of nitrogen functional groups attached to an aromatic ring is 1. The second-order valence-corrected chi connectivity index (χ2v) is 13.1. The molecular weight excluding hydrogens is 628 g/mol. The molecule has 50 heavy (non-hydrogen) atoms. The monoisotopic (exact) mass is 664 g/mol. The van der Waals surface area contributed by atoms with E-state index in [2.05, 4.69) is 17.1 Å². The second kappa shape index (κ2) is 12.3. The van der Waals surface area contributed by atoms with Gasteiger partial charge in [0, 0.05) is 47.6 Å². The van der Waals surface area contributed by atoms with Crippen molar-refractivity contribution in [1.29, 1.82) is 0 Å². The molecule has 0 bridgehead atoms. The zero-order valence-electron chi connectivity index (χ0n) is 27.7. The van der Waals surface area contributed by atoms with Gasteiger partial charge in [-0.15, -0.1) is 0 Å². The van der Waals surface area contributed by atoms with Crippen LogP contribution in [0.2, 0.25) is 0 Å². The molecule has 4 aromatic heterocycles. The number of benzene rings is 3. The summed E-state index contributed by atoms with van der Waals surface area (Å²) in [5.74, 6) is 1.68. The average Bonchev–Trinajstić information content (AvgIpc) is 3.73. The molecule has 1 aliphatic carbocycles. The minimum atomic E-state index is -0.252. The molecule has 1 atom stereocenters. The number of nitrogens with zero attached hydrogens (tertiary/aromatic N) is 7. The van der Waals surface area contributed by atoms with Crippen molar-refractivity contribution in [2.45, 2.75) is 50.8 Å². The molecule has 1 saturated carbocycles. The second-order valence-electron chi connectivity index (χ2n) is 13.1.